The minimum atomic E-state index is -0.987. The van der Waals surface area contributed by atoms with Gasteiger partial charge in [0.05, 0.1) is 28.3 Å². The van der Waals surface area contributed by atoms with E-state index in [-0.39, 0.29) is 68.2 Å². The SMILES string of the molecule is Cc1ncsc1-c1ccc(CNC(=O)[C@@H]2C[C@@H](O)CN2C(=O)[C@@H](NC(=O)CCC(=O)C[C@H]2O[C@@H]3O[C@@]4(C)CC[C@H]5[C@H](C)CC[C@@H]([C@H]2C)[C@@]35OO4)C(C)(C)C)cc1. The highest BCUT2D eigenvalue weighted by molar-refractivity contribution is 7.13. The fourth-order valence-electron chi connectivity index (χ4n) is 9.80. The summed E-state index contributed by atoms with van der Waals surface area (Å²) in [6.07, 6.45) is 1.82. The quantitative estimate of drug-likeness (QED) is 0.257. The van der Waals surface area contributed by atoms with E-state index in [9.17, 15) is 24.3 Å². The third kappa shape index (κ3) is 7.94. The van der Waals surface area contributed by atoms with E-state index in [1.165, 1.54) is 4.90 Å². The van der Waals surface area contributed by atoms with Crippen molar-refractivity contribution < 1.29 is 43.5 Å². The van der Waals surface area contributed by atoms with Crippen LogP contribution in [0.15, 0.2) is 29.8 Å². The van der Waals surface area contributed by atoms with Crippen molar-refractivity contribution in [2.45, 2.75) is 148 Å². The minimum absolute atomic E-state index is 0.0107. The number of hydrogen-bond acceptors (Lipinski definition) is 11. The van der Waals surface area contributed by atoms with Crippen molar-refractivity contribution in [2.75, 3.05) is 6.54 Å². The van der Waals surface area contributed by atoms with Crippen LogP contribution in [0.5, 0.6) is 0 Å². The summed E-state index contributed by atoms with van der Waals surface area (Å²) in [5, 5.41) is 16.4. The zero-order chi connectivity index (χ0) is 40.2. The van der Waals surface area contributed by atoms with Crippen LogP contribution in [0.2, 0.25) is 0 Å². The molecule has 306 valence electrons. The van der Waals surface area contributed by atoms with Crippen molar-refractivity contribution in [1.82, 2.24) is 20.5 Å². The summed E-state index contributed by atoms with van der Waals surface area (Å²) in [6, 6.07) is 5.99. The summed E-state index contributed by atoms with van der Waals surface area (Å²) in [7, 11) is 0. The van der Waals surface area contributed by atoms with Gasteiger partial charge in [-0.1, -0.05) is 58.9 Å². The van der Waals surface area contributed by atoms with E-state index in [4.69, 9.17) is 19.2 Å². The Bertz CT molecular complexity index is 1800. The molecule has 56 heavy (non-hydrogen) atoms. The molecule has 1 spiro atoms. The lowest BCUT2D eigenvalue weighted by Crippen LogP contribution is -2.70. The van der Waals surface area contributed by atoms with E-state index in [1.807, 2.05) is 64.4 Å². The minimum Gasteiger partial charge on any atom is -0.391 e. The smallest absolute Gasteiger partial charge is 0.246 e. The third-order valence-corrected chi connectivity index (χ3v) is 14.0. The van der Waals surface area contributed by atoms with Gasteiger partial charge in [-0.15, -0.1) is 11.3 Å². The molecule has 1 aromatic heterocycles. The van der Waals surface area contributed by atoms with E-state index >= 15 is 0 Å². The predicted octanol–water partition coefficient (Wildman–Crippen LogP) is 5.22. The number of aryl methyl sites for hydroxylation is 1. The lowest BCUT2D eigenvalue weighted by molar-refractivity contribution is -0.570. The maximum Gasteiger partial charge on any atom is 0.246 e. The third-order valence-electron chi connectivity index (χ3n) is 13.1. The number of β-amino-alcohol motifs (C(OH)–C–C–N with tert-alkyl or cyclic N) is 1. The number of carbonyl (C=O) groups excluding carboxylic acids is 4. The average Bonchev–Trinajstić information content (AvgIpc) is 3.69. The molecule has 6 fully saturated rings. The number of nitrogens with zero attached hydrogens (tertiary/aromatic N) is 2. The van der Waals surface area contributed by atoms with Crippen LogP contribution in [0.3, 0.4) is 0 Å². The molecular formula is C42H58N4O9S. The number of Topliss-reactive ketones (excluding diaryl/α,β-unsaturated/α-hetero) is 1. The number of hydrogen-bond donors (Lipinski definition) is 3. The maximum atomic E-state index is 14.1. The van der Waals surface area contributed by atoms with Crippen molar-refractivity contribution in [3.05, 3.63) is 41.0 Å². The summed E-state index contributed by atoms with van der Waals surface area (Å²) >= 11 is 1.57. The van der Waals surface area contributed by atoms with E-state index in [2.05, 4.69) is 29.5 Å². The number of likely N-dealkylation sites (tertiary alicyclic amines) is 1. The summed E-state index contributed by atoms with van der Waals surface area (Å²) in [4.78, 5) is 73.4. The molecule has 3 amide bonds. The molecular weight excluding hydrogens is 737 g/mol. The Labute approximate surface area is 333 Å². The van der Waals surface area contributed by atoms with Gasteiger partial charge in [0, 0.05) is 51.1 Å². The molecule has 8 rings (SSSR count). The number of thiazole rings is 1. The zero-order valence-electron chi connectivity index (χ0n) is 33.7. The lowest BCUT2D eigenvalue weighted by Gasteiger charge is -2.60. The number of carbonyl (C=O) groups is 4. The van der Waals surface area contributed by atoms with Gasteiger partial charge >= 0.3 is 0 Å². The molecule has 1 aromatic carbocycles. The molecule has 5 aliphatic heterocycles. The molecule has 2 aromatic rings. The van der Waals surface area contributed by atoms with E-state index in [1.54, 1.807) is 11.3 Å². The van der Waals surface area contributed by atoms with Gasteiger partial charge in [-0.05, 0) is 67.4 Å². The van der Waals surface area contributed by atoms with Crippen molar-refractivity contribution in [1.29, 1.82) is 0 Å². The Morgan fingerprint density at radius 3 is 2.50 bits per heavy atom. The van der Waals surface area contributed by atoms with Crippen LogP contribution < -0.4 is 10.6 Å². The number of aliphatic hydroxyl groups excluding tert-OH is 1. The number of aromatic nitrogens is 1. The highest BCUT2D eigenvalue weighted by Gasteiger charge is 2.69. The summed E-state index contributed by atoms with van der Waals surface area (Å²) < 4.78 is 13.0. The van der Waals surface area contributed by atoms with Gasteiger partial charge < -0.3 is 30.1 Å². The Morgan fingerprint density at radius 2 is 1.80 bits per heavy atom. The van der Waals surface area contributed by atoms with Gasteiger partial charge in [0.25, 0.3) is 0 Å². The maximum absolute atomic E-state index is 14.1. The van der Waals surface area contributed by atoms with E-state index in [0.717, 1.165) is 41.0 Å². The molecule has 1 aliphatic carbocycles. The van der Waals surface area contributed by atoms with Crippen molar-refractivity contribution >= 4 is 34.8 Å². The molecule has 11 atom stereocenters. The van der Waals surface area contributed by atoms with E-state index in [0.29, 0.717) is 12.3 Å². The van der Waals surface area contributed by atoms with Gasteiger partial charge in [-0.2, -0.15) is 0 Å². The number of benzene rings is 1. The largest absolute Gasteiger partial charge is 0.391 e. The van der Waals surface area contributed by atoms with Gasteiger partial charge in [0.2, 0.25) is 23.5 Å². The first kappa shape index (κ1) is 40.9. The topological polar surface area (TPSA) is 166 Å². The molecule has 0 unspecified atom stereocenters. The van der Waals surface area contributed by atoms with Crippen LogP contribution >= 0.6 is 11.3 Å². The molecule has 2 bridgehead atoms. The fourth-order valence-corrected chi connectivity index (χ4v) is 10.6. The second-order valence-electron chi connectivity index (χ2n) is 18.1. The monoisotopic (exact) mass is 794 g/mol. The standard InChI is InChI=1S/C42H58N4O9S/c1-23-8-14-31-24(2)33(52-39-42(31)30(23)16-17-41(7,53-39)54-55-42)19-28(47)13-15-34(49)45-36(40(4,5)6)38(51)46-21-29(48)18-32(46)37(50)43-20-26-9-11-27(12-10-26)35-25(3)44-22-56-35/h9-12,22-24,29-33,36,39,48H,8,13-21H2,1-7H3,(H,43,50)(H,45,49)/t23-,24-,29-,30+,31+,32+,33-,36-,39-,41-,42-/m1/s1. The first-order valence-corrected chi connectivity index (χ1v) is 21.1. The Hall–Kier alpha value is -3.27. The van der Waals surface area contributed by atoms with Crippen LogP contribution in [0, 0.1) is 36.0 Å². The molecule has 1 saturated carbocycles. The molecule has 13 nitrogen and oxygen atoms in total. The average molecular weight is 795 g/mol. The number of fused-ring (bicyclic) bond motifs is 2. The lowest BCUT2D eigenvalue weighted by atomic mass is 9.57. The number of nitrogens with one attached hydrogen (secondary N) is 2. The van der Waals surface area contributed by atoms with Crippen LogP contribution in [-0.2, 0) is 45.0 Å². The van der Waals surface area contributed by atoms with Crippen molar-refractivity contribution in [2.24, 2.45) is 29.1 Å². The summed E-state index contributed by atoms with van der Waals surface area (Å²) in [6.45, 7) is 14.0. The molecule has 14 heteroatoms. The molecule has 0 radical (unpaired) electrons. The number of ether oxygens (including phenoxy) is 2. The highest BCUT2D eigenvalue weighted by Crippen LogP contribution is 2.60. The van der Waals surface area contributed by atoms with Gasteiger partial charge in [0.15, 0.2) is 11.9 Å². The Balaban J connectivity index is 0.937. The normalized spacial score (nSPS) is 34.3. The second kappa shape index (κ2) is 15.8. The van der Waals surface area contributed by atoms with Gasteiger partial charge in [0.1, 0.15) is 17.9 Å². The van der Waals surface area contributed by atoms with E-state index < -0.39 is 59.2 Å². The molecule has 3 N–H and O–H groups in total. The molecule has 6 aliphatic rings. The number of rotatable bonds is 11. The fraction of sp³-hybridized carbons (Fsp3) is 0.690. The van der Waals surface area contributed by atoms with Crippen molar-refractivity contribution in [3.63, 3.8) is 0 Å². The highest BCUT2D eigenvalue weighted by atomic mass is 32.1. The van der Waals surface area contributed by atoms with Gasteiger partial charge in [-0.3, -0.25) is 19.2 Å². The first-order chi connectivity index (χ1) is 26.5. The second-order valence-corrected chi connectivity index (χ2v) is 19.0. The number of amides is 3. The van der Waals surface area contributed by atoms with Crippen LogP contribution in [0.4, 0.5) is 0 Å². The summed E-state index contributed by atoms with van der Waals surface area (Å²) in [5.41, 5.74) is 3.29. The zero-order valence-corrected chi connectivity index (χ0v) is 34.5. The number of aliphatic hydroxyl groups is 1. The van der Waals surface area contributed by atoms with Crippen LogP contribution in [-0.4, -0.2) is 87.0 Å². The van der Waals surface area contributed by atoms with Crippen LogP contribution in [0.1, 0.15) is 104 Å². The molecule has 5 saturated heterocycles. The number of ketones is 1. The summed E-state index contributed by atoms with van der Waals surface area (Å²) in [5.74, 6) is -1.50. The van der Waals surface area contributed by atoms with Gasteiger partial charge in [-0.25, -0.2) is 14.8 Å². The Kier molecular flexibility index (Phi) is 11.6. The molecule has 6 heterocycles. The predicted molar refractivity (Wildman–Crippen MR) is 207 cm³/mol. The van der Waals surface area contributed by atoms with Crippen LogP contribution in [0.25, 0.3) is 10.4 Å². The Morgan fingerprint density at radius 1 is 1.05 bits per heavy atom. The van der Waals surface area contributed by atoms with Crippen molar-refractivity contribution in [3.8, 4) is 10.4 Å². The first-order valence-electron chi connectivity index (χ1n) is 20.3.